The summed E-state index contributed by atoms with van der Waals surface area (Å²) in [4.78, 5) is 11.8. The van der Waals surface area contributed by atoms with E-state index in [0.717, 1.165) is 32.8 Å². The molecule has 0 fully saturated rings. The van der Waals surface area contributed by atoms with E-state index in [9.17, 15) is 0 Å². The first kappa shape index (κ1) is 16.3. The Morgan fingerprint density at radius 2 is 1.19 bits per heavy atom. The van der Waals surface area contributed by atoms with Gasteiger partial charge in [-0.15, -0.1) is 0 Å². The first-order chi connectivity index (χ1) is 13.4. The molecule has 9 heteroatoms. The molecule has 0 unspecified atom stereocenters. The number of hydrogen-bond donors (Lipinski definition) is 3. The summed E-state index contributed by atoms with van der Waals surface area (Å²) in [6, 6.07) is 7.68. The highest BCUT2D eigenvalue weighted by atomic mass is 15.1. The first-order valence-electron chi connectivity index (χ1n) is 8.12. The number of pyridine rings is 3. The monoisotopic (exact) mass is 357 g/mol. The summed E-state index contributed by atoms with van der Waals surface area (Å²) < 4.78 is 0. The molecule has 27 heavy (non-hydrogen) atoms. The summed E-state index contributed by atoms with van der Waals surface area (Å²) in [6.45, 7) is 0. The number of nitrogens with zero attached hydrogens (tertiary/aromatic N) is 6. The third kappa shape index (κ3) is 3.93. The second-order valence-electron chi connectivity index (χ2n) is 5.44. The third-order valence-electron chi connectivity index (χ3n) is 3.68. The van der Waals surface area contributed by atoms with Gasteiger partial charge in [-0.25, -0.2) is 4.98 Å². The quantitative estimate of drug-likeness (QED) is 0.384. The minimum absolute atomic E-state index is 0.775. The van der Waals surface area contributed by atoms with Crippen LogP contribution in [0.15, 0.2) is 73.8 Å². The second-order valence-corrected chi connectivity index (χ2v) is 5.44. The van der Waals surface area contributed by atoms with Gasteiger partial charge in [0, 0.05) is 53.3 Å². The Labute approximate surface area is 152 Å². The minimum atomic E-state index is 0.775. The van der Waals surface area contributed by atoms with Gasteiger partial charge >= 0.3 is 0 Å². The van der Waals surface area contributed by atoms with Crippen LogP contribution in [-0.2, 0) is 0 Å². The van der Waals surface area contributed by atoms with Crippen LogP contribution in [0.5, 0.6) is 0 Å². The Morgan fingerprint density at radius 1 is 0.593 bits per heavy atom. The molecule has 0 saturated heterocycles. The van der Waals surface area contributed by atoms with E-state index in [-0.39, 0.29) is 0 Å². The van der Waals surface area contributed by atoms with Crippen molar-refractivity contribution in [2.24, 2.45) is 0 Å². The van der Waals surface area contributed by atoms with Gasteiger partial charge in [-0.3, -0.25) is 25.3 Å². The molecule has 0 aliphatic rings. The topological polar surface area (TPSA) is 125 Å². The molecule has 6 aromatic heterocycles. The van der Waals surface area contributed by atoms with Crippen LogP contribution in [0, 0.1) is 0 Å². The van der Waals surface area contributed by atoms with Gasteiger partial charge in [0.05, 0.1) is 12.4 Å². The zero-order valence-corrected chi connectivity index (χ0v) is 14.1. The molecule has 0 atom stereocenters. The van der Waals surface area contributed by atoms with Gasteiger partial charge in [0.1, 0.15) is 11.0 Å². The normalized spacial score (nSPS) is 10.2. The lowest BCUT2D eigenvalue weighted by Gasteiger charge is -1.79. The van der Waals surface area contributed by atoms with Gasteiger partial charge in [-0.1, -0.05) is 0 Å². The number of nitrogens with one attached hydrogen (secondary N) is 3. The van der Waals surface area contributed by atoms with Crippen molar-refractivity contribution in [3.05, 3.63) is 73.8 Å². The molecule has 0 aliphatic heterocycles. The molecule has 6 aromatic rings. The van der Waals surface area contributed by atoms with Gasteiger partial charge < -0.3 is 0 Å². The van der Waals surface area contributed by atoms with Crippen LogP contribution in [-0.4, -0.2) is 45.5 Å². The van der Waals surface area contributed by atoms with Crippen LogP contribution in [0.3, 0.4) is 0 Å². The third-order valence-corrected chi connectivity index (χ3v) is 3.68. The number of aromatic amines is 3. The molecular formula is C18H15N9. The minimum Gasteiger partial charge on any atom is -0.284 e. The standard InChI is InChI=1S/3C6H5N3/c2*1-2-7-4-6-5(1)3-8-9-6;1-2-5-4-8-9-6(5)7-3-1/h2*1-4H,(H,8,9);1-4H,(H,7,8,9). The highest BCUT2D eigenvalue weighted by molar-refractivity contribution is 5.76. The Hall–Kier alpha value is -4.14. The molecule has 0 aromatic carbocycles. The van der Waals surface area contributed by atoms with Gasteiger partial charge in [0.15, 0.2) is 5.65 Å². The lowest BCUT2D eigenvalue weighted by Crippen LogP contribution is -1.71. The molecule has 0 aliphatic carbocycles. The predicted octanol–water partition coefficient (Wildman–Crippen LogP) is 2.87. The summed E-state index contributed by atoms with van der Waals surface area (Å²) in [5.74, 6) is 0. The maximum Gasteiger partial charge on any atom is 0.180 e. The fourth-order valence-corrected chi connectivity index (χ4v) is 2.35. The number of H-pyrrole nitrogens is 3. The van der Waals surface area contributed by atoms with E-state index >= 15 is 0 Å². The summed E-state index contributed by atoms with van der Waals surface area (Å²) in [7, 11) is 0. The average Bonchev–Trinajstić information content (AvgIpc) is 3.48. The van der Waals surface area contributed by atoms with E-state index < -0.39 is 0 Å². The Bertz CT molecular complexity index is 1000. The van der Waals surface area contributed by atoms with Crippen molar-refractivity contribution in [1.29, 1.82) is 0 Å². The van der Waals surface area contributed by atoms with Crippen molar-refractivity contribution in [3.8, 4) is 0 Å². The molecule has 9 nitrogen and oxygen atoms in total. The van der Waals surface area contributed by atoms with E-state index in [2.05, 4.69) is 45.5 Å². The SMILES string of the molecule is c1cc2c[nH]nc2cn1.c1cc2c[nH]nc2cn1.c1cnc2n[nH]cc2c1. The van der Waals surface area contributed by atoms with Crippen LogP contribution < -0.4 is 0 Å². The maximum absolute atomic E-state index is 4.00. The number of aromatic nitrogens is 9. The zero-order chi connectivity index (χ0) is 18.3. The molecule has 3 N–H and O–H groups in total. The molecule has 0 bridgehead atoms. The van der Waals surface area contributed by atoms with E-state index in [0.29, 0.717) is 0 Å². The van der Waals surface area contributed by atoms with Crippen LogP contribution in [0.4, 0.5) is 0 Å². The predicted molar refractivity (Wildman–Crippen MR) is 102 cm³/mol. The largest absolute Gasteiger partial charge is 0.284 e. The molecule has 0 spiro atoms. The fraction of sp³-hybridized carbons (Fsp3) is 0. The summed E-state index contributed by atoms with van der Waals surface area (Å²) in [6.07, 6.45) is 14.2. The molecule has 132 valence electrons. The van der Waals surface area contributed by atoms with E-state index in [1.807, 2.05) is 42.9 Å². The van der Waals surface area contributed by atoms with E-state index in [1.165, 1.54) is 0 Å². The smallest absolute Gasteiger partial charge is 0.180 e. The van der Waals surface area contributed by atoms with E-state index in [1.54, 1.807) is 31.0 Å². The number of fused-ring (bicyclic) bond motifs is 3. The van der Waals surface area contributed by atoms with Crippen molar-refractivity contribution in [1.82, 2.24) is 45.5 Å². The fourth-order valence-electron chi connectivity index (χ4n) is 2.35. The van der Waals surface area contributed by atoms with Crippen molar-refractivity contribution < 1.29 is 0 Å². The lowest BCUT2D eigenvalue weighted by atomic mass is 10.3. The van der Waals surface area contributed by atoms with Gasteiger partial charge in [-0.05, 0) is 24.3 Å². The molecule has 6 heterocycles. The molecular weight excluding hydrogens is 342 g/mol. The zero-order valence-electron chi connectivity index (χ0n) is 14.1. The van der Waals surface area contributed by atoms with Crippen LogP contribution in [0.1, 0.15) is 0 Å². The second kappa shape index (κ2) is 7.83. The highest BCUT2D eigenvalue weighted by Gasteiger charge is 1.91. The van der Waals surface area contributed by atoms with Gasteiger partial charge in [0.2, 0.25) is 0 Å². The summed E-state index contributed by atoms with van der Waals surface area (Å²) >= 11 is 0. The van der Waals surface area contributed by atoms with Crippen LogP contribution in [0.25, 0.3) is 32.8 Å². The maximum atomic E-state index is 4.00. The molecule has 0 saturated carbocycles. The van der Waals surface area contributed by atoms with E-state index in [4.69, 9.17) is 0 Å². The van der Waals surface area contributed by atoms with Crippen molar-refractivity contribution in [3.63, 3.8) is 0 Å². The highest BCUT2D eigenvalue weighted by Crippen LogP contribution is 2.06. The molecule has 0 amide bonds. The average molecular weight is 357 g/mol. The van der Waals surface area contributed by atoms with Crippen molar-refractivity contribution in [2.75, 3.05) is 0 Å². The van der Waals surface area contributed by atoms with Gasteiger partial charge in [-0.2, -0.15) is 15.3 Å². The van der Waals surface area contributed by atoms with Crippen LogP contribution >= 0.6 is 0 Å². The number of rotatable bonds is 0. The lowest BCUT2D eigenvalue weighted by molar-refractivity contribution is 1.10. The Morgan fingerprint density at radius 3 is 1.78 bits per heavy atom. The Kier molecular flexibility index (Phi) is 4.74. The van der Waals surface area contributed by atoms with Crippen molar-refractivity contribution in [2.45, 2.75) is 0 Å². The first-order valence-corrected chi connectivity index (χ1v) is 8.12. The van der Waals surface area contributed by atoms with Crippen LogP contribution in [0.2, 0.25) is 0 Å². The Balaban J connectivity index is 0.0000001000. The molecule has 6 rings (SSSR count). The summed E-state index contributed by atoms with van der Waals surface area (Å²) in [5.41, 5.74) is 2.60. The van der Waals surface area contributed by atoms with Crippen molar-refractivity contribution >= 4 is 32.8 Å². The number of hydrogen-bond acceptors (Lipinski definition) is 6. The molecule has 0 radical (unpaired) electrons. The van der Waals surface area contributed by atoms with Gasteiger partial charge in [0.25, 0.3) is 0 Å². The summed E-state index contributed by atoms with van der Waals surface area (Å²) in [5, 5.41) is 23.2.